The molecular weight excluding hydrogens is 340 g/mol. The molecule has 0 fully saturated rings. The van der Waals surface area contributed by atoms with Gasteiger partial charge in [-0.25, -0.2) is 4.68 Å². The Bertz CT molecular complexity index is 796. The van der Waals surface area contributed by atoms with Crippen molar-refractivity contribution in [2.24, 2.45) is 0 Å². The molecule has 106 valence electrons. The van der Waals surface area contributed by atoms with Crippen molar-refractivity contribution in [2.45, 2.75) is 10.1 Å². The van der Waals surface area contributed by atoms with Gasteiger partial charge in [-0.1, -0.05) is 71.1 Å². The van der Waals surface area contributed by atoms with E-state index in [1.54, 1.807) is 16.4 Å². The third-order valence-corrected chi connectivity index (χ3v) is 5.62. The topological polar surface area (TPSA) is 17.8 Å². The van der Waals surface area contributed by atoms with E-state index in [-0.39, 0.29) is 0 Å². The lowest BCUT2D eigenvalue weighted by molar-refractivity contribution is 0.829. The average Bonchev–Trinajstić information content (AvgIpc) is 2.88. The Morgan fingerprint density at radius 2 is 1.81 bits per heavy atom. The van der Waals surface area contributed by atoms with Crippen molar-refractivity contribution in [3.63, 3.8) is 0 Å². The number of aromatic nitrogens is 2. The summed E-state index contributed by atoms with van der Waals surface area (Å²) < 4.78 is 3.50. The van der Waals surface area contributed by atoms with E-state index < -0.39 is 0 Å². The number of thioether (sulfide) groups is 1. The molecule has 1 aromatic heterocycles. The molecule has 0 bridgehead atoms. The first-order chi connectivity index (χ1) is 10.2. The van der Waals surface area contributed by atoms with Crippen LogP contribution < -0.4 is 0 Å². The maximum Gasteiger partial charge on any atom is 0.184 e. The van der Waals surface area contributed by atoms with Gasteiger partial charge in [0.25, 0.3) is 0 Å². The molecule has 0 radical (unpaired) electrons. The van der Waals surface area contributed by atoms with Gasteiger partial charge in [0.15, 0.2) is 8.29 Å². The van der Waals surface area contributed by atoms with Crippen LogP contribution in [0.5, 0.6) is 0 Å². The van der Waals surface area contributed by atoms with Crippen molar-refractivity contribution in [2.75, 3.05) is 0 Å². The molecule has 2 nitrogen and oxygen atoms in total. The molecule has 0 atom stereocenters. The molecule has 0 saturated heterocycles. The summed E-state index contributed by atoms with van der Waals surface area (Å²) in [5, 5.41) is 5.36. The lowest BCUT2D eigenvalue weighted by atomic mass is 10.2. The Hall–Kier alpha value is -1.14. The lowest BCUT2D eigenvalue weighted by Gasteiger charge is -2.01. The number of nitrogens with zero attached hydrogens (tertiary/aromatic N) is 2. The van der Waals surface area contributed by atoms with Crippen molar-refractivity contribution in [3.05, 3.63) is 69.1 Å². The maximum atomic E-state index is 6.17. The molecule has 0 unspecified atom stereocenters. The Morgan fingerprint density at radius 1 is 1.10 bits per heavy atom. The van der Waals surface area contributed by atoms with Crippen molar-refractivity contribution < 1.29 is 0 Å². The molecule has 0 aliphatic carbocycles. The lowest BCUT2D eigenvalue weighted by Crippen LogP contribution is -1.95. The van der Waals surface area contributed by atoms with Gasteiger partial charge in [0.1, 0.15) is 0 Å². The highest BCUT2D eigenvalue weighted by atomic mass is 35.5. The fraction of sp³-hybridized carbons (Fsp3) is 0.0667. The number of rotatable bonds is 4. The molecule has 3 rings (SSSR count). The first-order valence-electron chi connectivity index (χ1n) is 6.26. The zero-order valence-corrected chi connectivity index (χ0v) is 14.1. The maximum absolute atomic E-state index is 6.17. The van der Waals surface area contributed by atoms with Gasteiger partial charge >= 0.3 is 0 Å². The summed E-state index contributed by atoms with van der Waals surface area (Å²) in [6.45, 7) is 0. The van der Waals surface area contributed by atoms with Gasteiger partial charge < -0.3 is 0 Å². The van der Waals surface area contributed by atoms with Gasteiger partial charge in [0, 0.05) is 10.8 Å². The number of hydrogen-bond acceptors (Lipinski definition) is 4. The van der Waals surface area contributed by atoms with Crippen LogP contribution in [0, 0.1) is 3.95 Å². The number of halogens is 1. The predicted octanol–water partition coefficient (Wildman–Crippen LogP) is 5.61. The van der Waals surface area contributed by atoms with Crippen LogP contribution in [0.15, 0.2) is 58.9 Å². The van der Waals surface area contributed by atoms with Crippen molar-refractivity contribution in [1.29, 1.82) is 0 Å². The first kappa shape index (κ1) is 14.8. The molecule has 21 heavy (non-hydrogen) atoms. The van der Waals surface area contributed by atoms with Crippen LogP contribution in [0.3, 0.4) is 0 Å². The summed E-state index contributed by atoms with van der Waals surface area (Å²) in [4.78, 5) is 0. The van der Waals surface area contributed by atoms with Crippen LogP contribution >= 0.6 is 46.9 Å². The molecule has 2 aromatic carbocycles. The molecule has 0 amide bonds. The minimum atomic E-state index is 0.753. The van der Waals surface area contributed by atoms with E-state index in [2.05, 4.69) is 5.10 Å². The van der Waals surface area contributed by atoms with Gasteiger partial charge in [-0.3, -0.25) is 0 Å². The SMILES string of the molecule is S=c1sc(SCc2ccccc2Cl)nn1-c1ccccc1. The van der Waals surface area contributed by atoms with Crippen molar-refractivity contribution in [1.82, 2.24) is 9.78 Å². The molecule has 0 aliphatic heterocycles. The predicted molar refractivity (Wildman–Crippen MR) is 93.3 cm³/mol. The third kappa shape index (κ3) is 3.55. The minimum absolute atomic E-state index is 0.753. The second-order valence-corrected chi connectivity index (χ2v) is 7.51. The van der Waals surface area contributed by atoms with E-state index in [0.717, 1.165) is 30.3 Å². The van der Waals surface area contributed by atoms with Crippen LogP contribution in [0.4, 0.5) is 0 Å². The number of hydrogen-bond donors (Lipinski definition) is 0. The average molecular weight is 351 g/mol. The van der Waals surface area contributed by atoms with Gasteiger partial charge in [-0.2, -0.15) is 0 Å². The largest absolute Gasteiger partial charge is 0.211 e. The van der Waals surface area contributed by atoms with Gasteiger partial charge in [0.05, 0.1) is 5.69 Å². The van der Waals surface area contributed by atoms with E-state index in [1.807, 2.05) is 54.6 Å². The smallest absolute Gasteiger partial charge is 0.184 e. The van der Waals surface area contributed by atoms with Gasteiger partial charge in [-0.15, -0.1) is 5.10 Å². The fourth-order valence-corrected chi connectivity index (χ4v) is 4.45. The summed E-state index contributed by atoms with van der Waals surface area (Å²) in [5.41, 5.74) is 2.10. The number of benzene rings is 2. The van der Waals surface area contributed by atoms with Gasteiger partial charge in [0.2, 0.25) is 0 Å². The quantitative estimate of drug-likeness (QED) is 0.450. The van der Waals surface area contributed by atoms with Gasteiger partial charge in [-0.05, 0) is 36.0 Å². The van der Waals surface area contributed by atoms with E-state index >= 15 is 0 Å². The molecule has 0 saturated carbocycles. The zero-order chi connectivity index (χ0) is 14.7. The standard InChI is InChI=1S/C15H11ClN2S3/c16-13-9-5-4-6-11(13)10-20-14-17-18(15(19)21-14)12-7-2-1-3-8-12/h1-9H,10H2. The summed E-state index contributed by atoms with van der Waals surface area (Å²) in [7, 11) is 0. The highest BCUT2D eigenvalue weighted by molar-refractivity contribution is 8.00. The van der Waals surface area contributed by atoms with Crippen LogP contribution in [0.25, 0.3) is 5.69 Å². The molecule has 0 spiro atoms. The summed E-state index contributed by atoms with van der Waals surface area (Å²) in [6.07, 6.45) is 0. The summed E-state index contributed by atoms with van der Waals surface area (Å²) in [6, 6.07) is 17.8. The Labute approximate surface area is 141 Å². The monoisotopic (exact) mass is 350 g/mol. The Morgan fingerprint density at radius 3 is 2.57 bits per heavy atom. The molecule has 0 aliphatic rings. The highest BCUT2D eigenvalue weighted by Gasteiger charge is 2.07. The first-order valence-corrected chi connectivity index (χ1v) is 8.84. The number of para-hydroxylation sites is 1. The molecule has 1 heterocycles. The second-order valence-electron chi connectivity index (χ2n) is 4.26. The van der Waals surface area contributed by atoms with Crippen LogP contribution in [0.2, 0.25) is 5.02 Å². The summed E-state index contributed by atoms with van der Waals surface area (Å²) in [5.74, 6) is 0.788. The normalized spacial score (nSPS) is 10.7. The minimum Gasteiger partial charge on any atom is -0.211 e. The fourth-order valence-electron chi connectivity index (χ4n) is 1.81. The second kappa shape index (κ2) is 6.75. The van der Waals surface area contributed by atoms with Crippen LogP contribution in [0.1, 0.15) is 5.56 Å². The van der Waals surface area contributed by atoms with Crippen molar-refractivity contribution >= 4 is 46.9 Å². The van der Waals surface area contributed by atoms with E-state index in [4.69, 9.17) is 23.8 Å². The highest BCUT2D eigenvalue weighted by Crippen LogP contribution is 2.29. The summed E-state index contributed by atoms with van der Waals surface area (Å²) >= 11 is 14.7. The van der Waals surface area contributed by atoms with E-state index in [0.29, 0.717) is 0 Å². The van der Waals surface area contributed by atoms with E-state index in [9.17, 15) is 0 Å². The Kier molecular flexibility index (Phi) is 4.75. The van der Waals surface area contributed by atoms with Crippen molar-refractivity contribution in [3.8, 4) is 5.69 Å². The van der Waals surface area contributed by atoms with E-state index in [1.165, 1.54) is 11.3 Å². The molecule has 0 N–H and O–H groups in total. The molecule has 6 heteroatoms. The third-order valence-electron chi connectivity index (χ3n) is 2.84. The van der Waals surface area contributed by atoms with Crippen LogP contribution in [-0.2, 0) is 5.75 Å². The molecule has 3 aromatic rings. The zero-order valence-electron chi connectivity index (χ0n) is 10.9. The Balaban J connectivity index is 1.79. The molecular formula is C15H11ClN2S3. The van der Waals surface area contributed by atoms with Crippen LogP contribution in [-0.4, -0.2) is 9.78 Å².